The number of nitrogens with zero attached hydrogens (tertiary/aromatic N) is 1. The van der Waals surface area contributed by atoms with Crippen molar-refractivity contribution in [1.29, 1.82) is 0 Å². The fourth-order valence-corrected chi connectivity index (χ4v) is 2.12. The fourth-order valence-electron chi connectivity index (χ4n) is 2.12. The number of hydrogen-bond acceptors (Lipinski definition) is 3. The second-order valence-corrected chi connectivity index (χ2v) is 5.21. The molecule has 6 nitrogen and oxygen atoms in total. The Hall–Kier alpha value is -2.03. The highest BCUT2D eigenvalue weighted by atomic mass is 127. The standard InChI is InChI=1S/C18H24N4O2.HI/c1-2-19-18(21-13-16-9-6-12-24-16)22-14-17(23)20-11-10-15-7-4-3-5-8-15;/h3-9,12H,2,10-11,13-14H2,1H3,(H,20,23)(H2,19,21,22);1H. The summed E-state index contributed by atoms with van der Waals surface area (Å²) in [5.41, 5.74) is 1.20. The maximum atomic E-state index is 11.9. The number of guanidine groups is 1. The van der Waals surface area contributed by atoms with Gasteiger partial charge in [0, 0.05) is 13.1 Å². The van der Waals surface area contributed by atoms with Gasteiger partial charge in [-0.15, -0.1) is 24.0 Å². The van der Waals surface area contributed by atoms with Crippen molar-refractivity contribution in [3.63, 3.8) is 0 Å². The molecule has 1 heterocycles. The van der Waals surface area contributed by atoms with Gasteiger partial charge < -0.3 is 20.4 Å². The first-order valence-electron chi connectivity index (χ1n) is 8.13. The monoisotopic (exact) mass is 456 g/mol. The van der Waals surface area contributed by atoms with Crippen molar-refractivity contribution in [2.24, 2.45) is 4.99 Å². The van der Waals surface area contributed by atoms with E-state index in [0.29, 0.717) is 19.0 Å². The van der Waals surface area contributed by atoms with Crippen molar-refractivity contribution in [2.45, 2.75) is 19.9 Å². The summed E-state index contributed by atoms with van der Waals surface area (Å²) in [6.07, 6.45) is 2.44. The number of rotatable bonds is 8. The van der Waals surface area contributed by atoms with Crippen LogP contribution in [-0.2, 0) is 17.8 Å². The zero-order valence-electron chi connectivity index (χ0n) is 14.3. The Bertz CT molecular complexity index is 630. The van der Waals surface area contributed by atoms with Crippen LogP contribution in [0.2, 0.25) is 0 Å². The Morgan fingerprint density at radius 2 is 1.88 bits per heavy atom. The third-order valence-corrected chi connectivity index (χ3v) is 3.31. The van der Waals surface area contributed by atoms with Crippen molar-refractivity contribution in [1.82, 2.24) is 16.0 Å². The van der Waals surface area contributed by atoms with E-state index in [-0.39, 0.29) is 36.4 Å². The lowest BCUT2D eigenvalue weighted by Crippen LogP contribution is -2.38. The molecule has 2 rings (SSSR count). The van der Waals surface area contributed by atoms with Crippen molar-refractivity contribution >= 4 is 35.8 Å². The minimum absolute atomic E-state index is 0. The number of carbonyl (C=O) groups excluding carboxylic acids is 1. The molecular weight excluding hydrogens is 431 g/mol. The molecule has 3 N–H and O–H groups in total. The maximum Gasteiger partial charge on any atom is 0.241 e. The summed E-state index contributed by atoms with van der Waals surface area (Å²) < 4.78 is 5.26. The molecule has 1 aromatic heterocycles. The molecule has 0 saturated carbocycles. The Labute approximate surface area is 165 Å². The highest BCUT2D eigenvalue weighted by molar-refractivity contribution is 14.0. The molecule has 0 spiro atoms. The van der Waals surface area contributed by atoms with Gasteiger partial charge in [0.2, 0.25) is 5.91 Å². The minimum atomic E-state index is -0.0962. The van der Waals surface area contributed by atoms with Crippen LogP contribution in [0.25, 0.3) is 0 Å². The third-order valence-electron chi connectivity index (χ3n) is 3.31. The topological polar surface area (TPSA) is 78.7 Å². The smallest absolute Gasteiger partial charge is 0.241 e. The van der Waals surface area contributed by atoms with Gasteiger partial charge in [-0.05, 0) is 31.0 Å². The summed E-state index contributed by atoms with van der Waals surface area (Å²) in [6.45, 7) is 3.91. The largest absolute Gasteiger partial charge is 0.467 e. The normalized spacial score (nSPS) is 10.7. The van der Waals surface area contributed by atoms with Gasteiger partial charge in [0.25, 0.3) is 0 Å². The lowest BCUT2D eigenvalue weighted by Gasteiger charge is -2.10. The molecule has 0 fully saturated rings. The van der Waals surface area contributed by atoms with Crippen LogP contribution in [0.1, 0.15) is 18.2 Å². The van der Waals surface area contributed by atoms with Crippen LogP contribution in [0.4, 0.5) is 0 Å². The van der Waals surface area contributed by atoms with Gasteiger partial charge in [-0.25, -0.2) is 4.99 Å². The molecular formula is C18H25IN4O2. The Balaban J connectivity index is 0.00000312. The zero-order chi connectivity index (χ0) is 17.0. The SMILES string of the molecule is CCNC(=NCC(=O)NCCc1ccccc1)NCc1ccco1.I. The van der Waals surface area contributed by atoms with E-state index in [9.17, 15) is 4.79 Å². The molecule has 0 radical (unpaired) electrons. The van der Waals surface area contributed by atoms with Gasteiger partial charge in [0.05, 0.1) is 12.8 Å². The molecule has 1 amide bonds. The lowest BCUT2D eigenvalue weighted by atomic mass is 10.1. The molecule has 0 atom stereocenters. The van der Waals surface area contributed by atoms with E-state index in [4.69, 9.17) is 4.42 Å². The average molecular weight is 456 g/mol. The molecule has 7 heteroatoms. The number of amides is 1. The first-order chi connectivity index (χ1) is 11.8. The molecule has 0 bridgehead atoms. The number of hydrogen-bond donors (Lipinski definition) is 3. The summed E-state index contributed by atoms with van der Waals surface area (Å²) in [7, 11) is 0. The van der Waals surface area contributed by atoms with Crippen molar-refractivity contribution in [3.05, 3.63) is 60.1 Å². The molecule has 0 aliphatic carbocycles. The third kappa shape index (κ3) is 8.57. The molecule has 0 unspecified atom stereocenters. The Kier molecular flexibility index (Phi) is 10.4. The first kappa shape index (κ1) is 21.0. The van der Waals surface area contributed by atoms with Crippen LogP contribution in [-0.4, -0.2) is 31.5 Å². The van der Waals surface area contributed by atoms with Gasteiger partial charge in [0.1, 0.15) is 12.3 Å². The van der Waals surface area contributed by atoms with E-state index in [1.54, 1.807) is 6.26 Å². The predicted octanol–water partition coefficient (Wildman–Crippen LogP) is 2.31. The minimum Gasteiger partial charge on any atom is -0.467 e. The molecule has 0 aliphatic rings. The summed E-state index contributed by atoms with van der Waals surface area (Å²) in [5, 5.41) is 9.10. The Morgan fingerprint density at radius 1 is 1.08 bits per heavy atom. The number of benzene rings is 1. The van der Waals surface area contributed by atoms with Crippen LogP contribution in [0.15, 0.2) is 58.1 Å². The maximum absolute atomic E-state index is 11.9. The highest BCUT2D eigenvalue weighted by Gasteiger charge is 2.03. The number of furan rings is 1. The van der Waals surface area contributed by atoms with E-state index in [2.05, 4.69) is 20.9 Å². The summed E-state index contributed by atoms with van der Waals surface area (Å²) in [4.78, 5) is 16.2. The first-order valence-corrected chi connectivity index (χ1v) is 8.13. The predicted molar refractivity (Wildman–Crippen MR) is 110 cm³/mol. The van der Waals surface area contributed by atoms with E-state index in [0.717, 1.165) is 18.7 Å². The van der Waals surface area contributed by atoms with E-state index >= 15 is 0 Å². The number of nitrogens with one attached hydrogen (secondary N) is 3. The van der Waals surface area contributed by atoms with Crippen LogP contribution in [0.5, 0.6) is 0 Å². The summed E-state index contributed by atoms with van der Waals surface area (Å²) in [6, 6.07) is 13.8. The zero-order valence-corrected chi connectivity index (χ0v) is 16.7. The number of carbonyl (C=O) groups is 1. The van der Waals surface area contributed by atoms with Crippen LogP contribution in [0, 0.1) is 0 Å². The molecule has 25 heavy (non-hydrogen) atoms. The summed E-state index contributed by atoms with van der Waals surface area (Å²) in [5.74, 6) is 1.31. The van der Waals surface area contributed by atoms with Crippen molar-refractivity contribution in [3.8, 4) is 0 Å². The molecule has 0 saturated heterocycles. The van der Waals surface area contributed by atoms with Gasteiger partial charge in [0.15, 0.2) is 5.96 Å². The second-order valence-electron chi connectivity index (χ2n) is 5.21. The number of aliphatic imine (C=N–C) groups is 1. The lowest BCUT2D eigenvalue weighted by molar-refractivity contribution is -0.119. The molecule has 2 aromatic rings. The summed E-state index contributed by atoms with van der Waals surface area (Å²) >= 11 is 0. The number of halogens is 1. The molecule has 0 aliphatic heterocycles. The van der Waals surface area contributed by atoms with Gasteiger partial charge in [-0.1, -0.05) is 30.3 Å². The molecule has 136 valence electrons. The van der Waals surface area contributed by atoms with Gasteiger partial charge in [-0.2, -0.15) is 0 Å². The van der Waals surface area contributed by atoms with Gasteiger partial charge >= 0.3 is 0 Å². The quantitative estimate of drug-likeness (QED) is 0.324. The van der Waals surface area contributed by atoms with E-state index < -0.39 is 0 Å². The highest BCUT2D eigenvalue weighted by Crippen LogP contribution is 1.99. The van der Waals surface area contributed by atoms with Crippen LogP contribution in [0.3, 0.4) is 0 Å². The average Bonchev–Trinajstić information content (AvgIpc) is 3.12. The van der Waals surface area contributed by atoms with Crippen molar-refractivity contribution < 1.29 is 9.21 Å². The van der Waals surface area contributed by atoms with E-state index in [1.165, 1.54) is 5.56 Å². The van der Waals surface area contributed by atoms with Crippen molar-refractivity contribution in [2.75, 3.05) is 19.6 Å². The van der Waals surface area contributed by atoms with Crippen LogP contribution >= 0.6 is 24.0 Å². The Morgan fingerprint density at radius 3 is 2.56 bits per heavy atom. The van der Waals surface area contributed by atoms with Gasteiger partial charge in [-0.3, -0.25) is 4.79 Å². The van der Waals surface area contributed by atoms with Crippen LogP contribution < -0.4 is 16.0 Å². The van der Waals surface area contributed by atoms with E-state index in [1.807, 2.05) is 49.4 Å². The molecule has 1 aromatic carbocycles. The fraction of sp³-hybridized carbons (Fsp3) is 0.333. The second kappa shape index (κ2) is 12.3.